The van der Waals surface area contributed by atoms with E-state index in [1.165, 1.54) is 20.4 Å². The standard InChI is InChI=1S/C12H15NO5/c1-17-11(15)4-3-8-6-13-10(7-14)9(8)5-12(16)18-2/h6-7,13H,3-5H2,1-2H3/i7D. The number of aromatic nitrogens is 1. The molecule has 0 atom stereocenters. The number of aromatic amines is 1. The van der Waals surface area contributed by atoms with Crippen LogP contribution in [-0.4, -0.2) is 37.4 Å². The molecular formula is C12H15NO5. The van der Waals surface area contributed by atoms with Gasteiger partial charge in [-0.3, -0.25) is 14.4 Å². The summed E-state index contributed by atoms with van der Waals surface area (Å²) in [6.07, 6.45) is 0.944. The van der Waals surface area contributed by atoms with Gasteiger partial charge in [0.2, 0.25) is 0 Å². The van der Waals surface area contributed by atoms with Crippen LogP contribution >= 0.6 is 0 Å². The average Bonchev–Trinajstić information content (AvgIpc) is 2.78. The first kappa shape index (κ1) is 12.3. The molecule has 0 aliphatic rings. The first-order chi connectivity index (χ1) is 8.99. The normalized spacial score (nSPS) is 10.7. The Morgan fingerprint density at radius 1 is 1.39 bits per heavy atom. The van der Waals surface area contributed by atoms with Gasteiger partial charge in [0.1, 0.15) is 1.37 Å². The highest BCUT2D eigenvalue weighted by molar-refractivity contribution is 5.81. The molecule has 18 heavy (non-hydrogen) atoms. The zero-order valence-electron chi connectivity index (χ0n) is 11.2. The number of rotatable bonds is 6. The minimum Gasteiger partial charge on any atom is -0.469 e. The summed E-state index contributed by atoms with van der Waals surface area (Å²) in [6.45, 7) is 0. The van der Waals surface area contributed by atoms with Gasteiger partial charge in [-0.05, 0) is 17.5 Å². The quantitative estimate of drug-likeness (QED) is 0.595. The molecule has 0 amide bonds. The Morgan fingerprint density at radius 2 is 2.06 bits per heavy atom. The molecule has 0 bridgehead atoms. The Hall–Kier alpha value is -2.11. The van der Waals surface area contributed by atoms with E-state index in [1.54, 1.807) is 0 Å². The van der Waals surface area contributed by atoms with E-state index in [9.17, 15) is 14.4 Å². The van der Waals surface area contributed by atoms with Crippen molar-refractivity contribution in [2.75, 3.05) is 14.2 Å². The molecule has 0 spiro atoms. The van der Waals surface area contributed by atoms with E-state index in [0.717, 1.165) is 0 Å². The third-order valence-electron chi connectivity index (χ3n) is 2.56. The zero-order chi connectivity index (χ0) is 14.4. The lowest BCUT2D eigenvalue weighted by molar-refractivity contribution is -0.140. The van der Waals surface area contributed by atoms with Crippen molar-refractivity contribution in [2.45, 2.75) is 19.3 Å². The molecule has 1 aromatic heterocycles. The van der Waals surface area contributed by atoms with Crippen LogP contribution in [0.15, 0.2) is 6.20 Å². The second-order valence-electron chi connectivity index (χ2n) is 3.60. The lowest BCUT2D eigenvalue weighted by Gasteiger charge is -2.03. The summed E-state index contributed by atoms with van der Waals surface area (Å²) in [5.41, 5.74) is 1.08. The number of nitrogens with one attached hydrogen (secondary N) is 1. The molecule has 1 aromatic rings. The summed E-state index contributed by atoms with van der Waals surface area (Å²) < 4.78 is 16.2. The number of hydrogen-bond acceptors (Lipinski definition) is 5. The van der Waals surface area contributed by atoms with Gasteiger partial charge in [-0.2, -0.15) is 0 Å². The predicted molar refractivity (Wildman–Crippen MR) is 62.2 cm³/mol. The minimum absolute atomic E-state index is 0.0465. The fourth-order valence-corrected chi connectivity index (χ4v) is 1.57. The van der Waals surface area contributed by atoms with Gasteiger partial charge < -0.3 is 14.5 Å². The van der Waals surface area contributed by atoms with Gasteiger partial charge >= 0.3 is 11.9 Å². The molecule has 1 rings (SSSR count). The van der Waals surface area contributed by atoms with E-state index in [1.807, 2.05) is 0 Å². The van der Waals surface area contributed by atoms with Crippen molar-refractivity contribution in [3.63, 3.8) is 0 Å². The smallest absolute Gasteiger partial charge is 0.310 e. The summed E-state index contributed by atoms with van der Waals surface area (Å²) in [5.74, 6) is -0.898. The topological polar surface area (TPSA) is 85.5 Å². The maximum Gasteiger partial charge on any atom is 0.310 e. The second-order valence-corrected chi connectivity index (χ2v) is 3.60. The molecule has 98 valence electrons. The number of aryl methyl sites for hydroxylation is 1. The summed E-state index contributed by atoms with van der Waals surface area (Å²) >= 11 is 0. The molecule has 1 N–H and O–H groups in total. The van der Waals surface area contributed by atoms with E-state index in [4.69, 9.17) is 1.37 Å². The van der Waals surface area contributed by atoms with Crippen LogP contribution in [0.25, 0.3) is 0 Å². The van der Waals surface area contributed by atoms with Gasteiger partial charge in [-0.1, -0.05) is 0 Å². The summed E-state index contributed by atoms with van der Waals surface area (Å²) in [6, 6.07) is 0. The lowest BCUT2D eigenvalue weighted by Crippen LogP contribution is -2.08. The largest absolute Gasteiger partial charge is 0.469 e. The van der Waals surface area contributed by atoms with Crippen molar-refractivity contribution in [1.29, 1.82) is 0 Å². The Bertz CT molecular complexity index is 494. The lowest BCUT2D eigenvalue weighted by atomic mass is 10.0. The molecule has 0 radical (unpaired) electrons. The van der Waals surface area contributed by atoms with Gasteiger partial charge in [-0.25, -0.2) is 0 Å². The fourth-order valence-electron chi connectivity index (χ4n) is 1.57. The van der Waals surface area contributed by atoms with Crippen molar-refractivity contribution < 1.29 is 25.2 Å². The Balaban J connectivity index is 2.93. The van der Waals surface area contributed by atoms with Crippen molar-refractivity contribution in [2.24, 2.45) is 0 Å². The number of methoxy groups -OCH3 is 2. The Kier molecular flexibility index (Phi) is 4.52. The molecule has 0 aromatic carbocycles. The first-order valence-electron chi connectivity index (χ1n) is 5.83. The number of ether oxygens (including phenoxy) is 2. The van der Waals surface area contributed by atoms with Gasteiger partial charge in [0.15, 0.2) is 6.26 Å². The van der Waals surface area contributed by atoms with E-state index in [0.29, 0.717) is 17.5 Å². The molecule has 0 aliphatic carbocycles. The highest BCUT2D eigenvalue weighted by Crippen LogP contribution is 2.16. The highest BCUT2D eigenvalue weighted by Gasteiger charge is 2.15. The van der Waals surface area contributed by atoms with Crippen molar-refractivity contribution >= 4 is 18.2 Å². The van der Waals surface area contributed by atoms with Crippen LogP contribution in [0.1, 0.15) is 29.4 Å². The van der Waals surface area contributed by atoms with Crippen LogP contribution in [0, 0.1) is 0 Å². The molecule has 0 unspecified atom stereocenters. The number of carbonyl (C=O) groups is 3. The number of H-pyrrole nitrogens is 1. The molecule has 0 saturated heterocycles. The number of carbonyl (C=O) groups excluding carboxylic acids is 3. The van der Waals surface area contributed by atoms with Crippen LogP contribution in [0.4, 0.5) is 0 Å². The third-order valence-corrected chi connectivity index (χ3v) is 2.56. The van der Waals surface area contributed by atoms with Crippen molar-refractivity contribution in [3.05, 3.63) is 23.0 Å². The molecular weight excluding hydrogens is 238 g/mol. The number of hydrogen-bond donors (Lipinski definition) is 1. The van der Waals surface area contributed by atoms with E-state index >= 15 is 0 Å². The van der Waals surface area contributed by atoms with Crippen LogP contribution in [0.2, 0.25) is 0 Å². The van der Waals surface area contributed by atoms with Gasteiger partial charge in [0.05, 0.1) is 26.3 Å². The molecule has 0 fully saturated rings. The maximum atomic E-state index is 11.3. The highest BCUT2D eigenvalue weighted by atomic mass is 16.5. The van der Waals surface area contributed by atoms with E-state index in [2.05, 4.69) is 14.5 Å². The molecule has 0 aliphatic heterocycles. The first-order valence-corrected chi connectivity index (χ1v) is 5.33. The third kappa shape index (κ3) is 3.44. The van der Waals surface area contributed by atoms with Crippen LogP contribution in [-0.2, 0) is 31.9 Å². The maximum absolute atomic E-state index is 11.3. The van der Waals surface area contributed by atoms with Crippen LogP contribution in [0.3, 0.4) is 0 Å². The number of esters is 2. The van der Waals surface area contributed by atoms with Gasteiger partial charge in [-0.15, -0.1) is 0 Å². The van der Waals surface area contributed by atoms with Gasteiger partial charge in [0.25, 0.3) is 0 Å². The monoisotopic (exact) mass is 254 g/mol. The van der Waals surface area contributed by atoms with Crippen LogP contribution < -0.4 is 0 Å². The summed E-state index contributed by atoms with van der Waals surface area (Å²) in [5, 5.41) is 0. The molecule has 1 heterocycles. The van der Waals surface area contributed by atoms with Crippen molar-refractivity contribution in [3.8, 4) is 0 Å². The van der Waals surface area contributed by atoms with Gasteiger partial charge in [0, 0.05) is 12.6 Å². The molecule has 6 nitrogen and oxygen atoms in total. The summed E-state index contributed by atoms with van der Waals surface area (Å²) in [4.78, 5) is 36.2. The zero-order valence-corrected chi connectivity index (χ0v) is 10.2. The summed E-state index contributed by atoms with van der Waals surface area (Å²) in [7, 11) is 2.53. The minimum atomic E-state index is -0.914. The van der Waals surface area contributed by atoms with E-state index in [-0.39, 0.29) is 24.5 Å². The number of aldehydes is 1. The Labute approximate surface area is 106 Å². The van der Waals surface area contributed by atoms with Crippen molar-refractivity contribution in [1.82, 2.24) is 4.98 Å². The van der Waals surface area contributed by atoms with Crippen LogP contribution in [0.5, 0.6) is 0 Å². The Morgan fingerprint density at radius 3 is 2.61 bits per heavy atom. The SMILES string of the molecule is [2H]C(=O)c1[nH]cc(CCC(=O)OC)c1CC(=O)OC. The average molecular weight is 254 g/mol. The molecule has 0 saturated carbocycles. The molecule has 6 heteroatoms. The fraction of sp³-hybridized carbons (Fsp3) is 0.417. The second kappa shape index (κ2) is 6.58. The predicted octanol–water partition coefficient (Wildman–Crippen LogP) is 0.648. The van der Waals surface area contributed by atoms with E-state index < -0.39 is 12.2 Å².